The van der Waals surface area contributed by atoms with Gasteiger partial charge in [-0.2, -0.15) is 0 Å². The van der Waals surface area contributed by atoms with E-state index in [0.717, 1.165) is 11.8 Å². The van der Waals surface area contributed by atoms with E-state index in [-0.39, 0.29) is 29.5 Å². The summed E-state index contributed by atoms with van der Waals surface area (Å²) in [6.45, 7) is 3.85. The van der Waals surface area contributed by atoms with Crippen molar-refractivity contribution in [1.29, 1.82) is 0 Å². The first kappa shape index (κ1) is 29.4. The zero-order valence-corrected chi connectivity index (χ0v) is 22.9. The Bertz CT molecular complexity index is 1380. The first-order valence-corrected chi connectivity index (χ1v) is 13.5. The van der Waals surface area contributed by atoms with Crippen LogP contribution in [0, 0.1) is 11.7 Å². The van der Waals surface area contributed by atoms with E-state index in [1.165, 1.54) is 18.5 Å². The van der Waals surface area contributed by atoms with Gasteiger partial charge < -0.3 is 25.7 Å². The fourth-order valence-corrected chi connectivity index (χ4v) is 4.48. The number of amides is 4. The Kier molecular flexibility index (Phi) is 9.77. The molecule has 0 radical (unpaired) electrons. The molecule has 1 aliphatic heterocycles. The smallest absolute Gasteiger partial charge is 0.273 e. The minimum atomic E-state index is -1.06. The van der Waals surface area contributed by atoms with Crippen LogP contribution in [0.1, 0.15) is 71.5 Å². The molecule has 11 nitrogen and oxygen atoms in total. The van der Waals surface area contributed by atoms with E-state index in [9.17, 15) is 23.6 Å². The monoisotopic (exact) mass is 564 g/mol. The number of nitrogens with zero attached hydrogens (tertiary/aromatic N) is 2. The molecule has 0 fully saturated rings. The normalized spacial score (nSPS) is 20.6. The molecule has 2 aromatic heterocycles. The topological polar surface area (TPSA) is 155 Å². The number of fused-ring (bicyclic) bond motifs is 2. The number of oxazole rings is 1. The van der Waals surface area contributed by atoms with Gasteiger partial charge in [-0.05, 0) is 36.8 Å². The summed E-state index contributed by atoms with van der Waals surface area (Å²) in [5, 5.41) is 11.0. The second-order valence-electron chi connectivity index (χ2n) is 10.2. The molecule has 2 bridgehead atoms. The van der Waals surface area contributed by atoms with Crippen LogP contribution in [0.5, 0.6) is 0 Å². The number of aromatic nitrogens is 2. The predicted molar refractivity (Wildman–Crippen MR) is 146 cm³/mol. The van der Waals surface area contributed by atoms with Gasteiger partial charge >= 0.3 is 0 Å². The third-order valence-corrected chi connectivity index (χ3v) is 6.74. The molecular weight excluding hydrogens is 531 g/mol. The summed E-state index contributed by atoms with van der Waals surface area (Å²) in [6, 6.07) is 7.85. The summed E-state index contributed by atoms with van der Waals surface area (Å²) in [6.07, 6.45) is 4.89. The second kappa shape index (κ2) is 13.6. The van der Waals surface area contributed by atoms with Crippen molar-refractivity contribution in [3.63, 3.8) is 0 Å². The van der Waals surface area contributed by atoms with Gasteiger partial charge in [0.2, 0.25) is 17.7 Å². The number of halogens is 1. The van der Waals surface area contributed by atoms with Crippen LogP contribution in [-0.2, 0) is 16.0 Å². The second-order valence-corrected chi connectivity index (χ2v) is 10.2. The number of nitrogens with one attached hydrogen (secondary N) is 4. The standard InChI is InChI=1S/C29H33FN6O5/c1-17(2)24-28(40)34-22(14-18-8-4-3-5-9-18)29-35-23(16-41-29)26(38)32-12-7-6-10-21(27(39)36-24)33-25(37)19-11-13-31-15-20(19)30/h3-5,8-9,11,13,15-17,21-22,24H,6-7,10,12,14H2,1-2H3,(H,32,38)(H,33,37)(H,34,40)(H,36,39)/t21-,22+,24-/m0/s1. The fraction of sp³-hybridized carbons (Fsp3) is 0.379. The quantitative estimate of drug-likeness (QED) is 0.371. The van der Waals surface area contributed by atoms with Crippen molar-refractivity contribution in [1.82, 2.24) is 31.2 Å². The van der Waals surface area contributed by atoms with E-state index in [4.69, 9.17) is 4.42 Å². The third-order valence-electron chi connectivity index (χ3n) is 6.74. The highest BCUT2D eigenvalue weighted by Gasteiger charge is 2.32. The van der Waals surface area contributed by atoms with Crippen LogP contribution < -0.4 is 21.3 Å². The Labute approximate surface area is 236 Å². The van der Waals surface area contributed by atoms with E-state index in [1.54, 1.807) is 13.8 Å². The van der Waals surface area contributed by atoms with Gasteiger partial charge in [-0.3, -0.25) is 24.2 Å². The van der Waals surface area contributed by atoms with Crippen molar-refractivity contribution in [2.24, 2.45) is 5.92 Å². The Morgan fingerprint density at radius 1 is 1.10 bits per heavy atom. The summed E-state index contributed by atoms with van der Waals surface area (Å²) in [7, 11) is 0. The summed E-state index contributed by atoms with van der Waals surface area (Å²) >= 11 is 0. The van der Waals surface area contributed by atoms with E-state index in [0.29, 0.717) is 25.8 Å². The lowest BCUT2D eigenvalue weighted by atomic mass is 10.00. The zero-order chi connectivity index (χ0) is 29.4. The molecule has 216 valence electrons. The summed E-state index contributed by atoms with van der Waals surface area (Å²) in [5.74, 6) is -3.29. The summed E-state index contributed by atoms with van der Waals surface area (Å²) in [5.41, 5.74) is 0.726. The van der Waals surface area contributed by atoms with Gasteiger partial charge in [-0.25, -0.2) is 9.37 Å². The maximum atomic E-state index is 14.2. The van der Waals surface area contributed by atoms with Gasteiger partial charge in [0.25, 0.3) is 11.8 Å². The highest BCUT2D eigenvalue weighted by atomic mass is 19.1. The molecule has 3 atom stereocenters. The highest BCUT2D eigenvalue weighted by molar-refractivity contribution is 5.98. The van der Waals surface area contributed by atoms with Crippen molar-refractivity contribution in [2.75, 3.05) is 6.54 Å². The molecule has 4 N–H and O–H groups in total. The molecule has 3 aromatic rings. The molecular formula is C29H33FN6O5. The molecule has 12 heteroatoms. The van der Waals surface area contributed by atoms with Crippen LogP contribution in [0.4, 0.5) is 4.39 Å². The molecule has 0 saturated heterocycles. The number of hydrogen-bond acceptors (Lipinski definition) is 7. The van der Waals surface area contributed by atoms with E-state index in [1.807, 2.05) is 30.3 Å². The first-order chi connectivity index (χ1) is 19.7. The lowest BCUT2D eigenvalue weighted by molar-refractivity contribution is -0.131. The maximum Gasteiger partial charge on any atom is 0.273 e. The van der Waals surface area contributed by atoms with Crippen molar-refractivity contribution < 1.29 is 28.0 Å². The van der Waals surface area contributed by atoms with Crippen LogP contribution in [0.3, 0.4) is 0 Å². The minimum absolute atomic E-state index is 0.0811. The van der Waals surface area contributed by atoms with Gasteiger partial charge in [-0.1, -0.05) is 44.2 Å². The SMILES string of the molecule is CC(C)[C@@H]1NC(=O)[C@@H](NC(=O)c2ccncc2F)CCCCNC(=O)c2coc(n2)[C@@H](Cc2ccccc2)NC1=O. The van der Waals surface area contributed by atoms with E-state index >= 15 is 0 Å². The number of benzene rings is 1. The number of hydrogen-bond donors (Lipinski definition) is 4. The van der Waals surface area contributed by atoms with Crippen molar-refractivity contribution >= 4 is 23.6 Å². The maximum absolute atomic E-state index is 14.2. The Hall–Kier alpha value is -4.61. The Morgan fingerprint density at radius 2 is 1.88 bits per heavy atom. The van der Waals surface area contributed by atoms with Gasteiger partial charge in [0.1, 0.15) is 24.4 Å². The summed E-state index contributed by atoms with van der Waals surface area (Å²) < 4.78 is 19.8. The number of pyridine rings is 1. The molecule has 0 aliphatic carbocycles. The number of carbonyl (C=O) groups is 4. The number of carbonyl (C=O) groups excluding carboxylic acids is 4. The van der Waals surface area contributed by atoms with Crippen LogP contribution in [0.25, 0.3) is 0 Å². The molecule has 0 unspecified atom stereocenters. The Balaban J connectivity index is 1.60. The van der Waals surface area contributed by atoms with E-state index < -0.39 is 47.6 Å². The van der Waals surface area contributed by atoms with E-state index in [2.05, 4.69) is 31.2 Å². The van der Waals surface area contributed by atoms with Crippen LogP contribution in [0.2, 0.25) is 0 Å². The molecule has 3 heterocycles. The van der Waals surface area contributed by atoms with Crippen LogP contribution >= 0.6 is 0 Å². The van der Waals surface area contributed by atoms with Gasteiger partial charge in [0.15, 0.2) is 11.5 Å². The van der Waals surface area contributed by atoms with Crippen molar-refractivity contribution in [3.05, 3.63) is 83.6 Å². The average Bonchev–Trinajstić information content (AvgIpc) is 3.45. The molecule has 1 aliphatic rings. The number of rotatable bonds is 5. The molecule has 0 spiro atoms. The lowest BCUT2D eigenvalue weighted by Crippen LogP contribution is -2.56. The molecule has 1 aromatic carbocycles. The lowest BCUT2D eigenvalue weighted by Gasteiger charge is -2.27. The Morgan fingerprint density at radius 3 is 2.61 bits per heavy atom. The van der Waals surface area contributed by atoms with Crippen molar-refractivity contribution in [2.45, 2.75) is 57.7 Å². The molecule has 4 amide bonds. The fourth-order valence-electron chi connectivity index (χ4n) is 4.48. The van der Waals surface area contributed by atoms with Crippen LogP contribution in [0.15, 0.2) is 59.5 Å². The molecule has 4 rings (SSSR count). The molecule has 41 heavy (non-hydrogen) atoms. The van der Waals surface area contributed by atoms with Gasteiger partial charge in [-0.15, -0.1) is 0 Å². The van der Waals surface area contributed by atoms with Gasteiger partial charge in [0, 0.05) is 19.2 Å². The molecule has 0 saturated carbocycles. The van der Waals surface area contributed by atoms with Gasteiger partial charge in [0.05, 0.1) is 11.8 Å². The van der Waals surface area contributed by atoms with Crippen molar-refractivity contribution in [3.8, 4) is 0 Å². The third kappa shape index (κ3) is 7.74. The highest BCUT2D eigenvalue weighted by Crippen LogP contribution is 2.20. The predicted octanol–water partition coefficient (Wildman–Crippen LogP) is 2.46. The van der Waals surface area contributed by atoms with Crippen LogP contribution in [-0.4, -0.2) is 52.2 Å². The average molecular weight is 565 g/mol. The zero-order valence-electron chi connectivity index (χ0n) is 22.9. The first-order valence-electron chi connectivity index (χ1n) is 13.5. The minimum Gasteiger partial charge on any atom is -0.446 e. The largest absolute Gasteiger partial charge is 0.446 e. The summed E-state index contributed by atoms with van der Waals surface area (Å²) in [4.78, 5) is 60.5.